The van der Waals surface area contributed by atoms with Crippen molar-refractivity contribution in [3.63, 3.8) is 0 Å². The van der Waals surface area contributed by atoms with E-state index < -0.39 is 10.0 Å². The fourth-order valence-electron chi connectivity index (χ4n) is 3.03. The Kier molecular flexibility index (Phi) is 6.01. The predicted octanol–water partition coefficient (Wildman–Crippen LogP) is 1.97. The summed E-state index contributed by atoms with van der Waals surface area (Å²) in [4.78, 5) is 13.9. The van der Waals surface area contributed by atoms with Crippen LogP contribution < -0.4 is 10.0 Å². The summed E-state index contributed by atoms with van der Waals surface area (Å²) >= 11 is 0. The van der Waals surface area contributed by atoms with Crippen molar-refractivity contribution in [2.45, 2.75) is 57.5 Å². The van der Waals surface area contributed by atoms with Gasteiger partial charge in [0.15, 0.2) is 0 Å². The van der Waals surface area contributed by atoms with Crippen molar-refractivity contribution in [3.8, 4) is 0 Å². The van der Waals surface area contributed by atoms with Crippen molar-refractivity contribution in [2.24, 2.45) is 0 Å². The van der Waals surface area contributed by atoms with Gasteiger partial charge in [0.05, 0.1) is 4.90 Å². The van der Waals surface area contributed by atoms with Crippen LogP contribution in [0.15, 0.2) is 23.1 Å². The zero-order valence-electron chi connectivity index (χ0n) is 14.8. The van der Waals surface area contributed by atoms with Crippen LogP contribution >= 0.6 is 0 Å². The number of nitrogens with one attached hydrogen (secondary N) is 2. The molecular formula is C17H27N3O3S. The molecule has 2 N–H and O–H groups in total. The number of fused-ring (bicyclic) bond motifs is 1. The van der Waals surface area contributed by atoms with Gasteiger partial charge in [-0.1, -0.05) is 0 Å². The van der Waals surface area contributed by atoms with Crippen LogP contribution in [0.3, 0.4) is 0 Å². The molecule has 1 aromatic rings. The lowest BCUT2D eigenvalue weighted by molar-refractivity contribution is -0.116. The molecule has 24 heavy (non-hydrogen) atoms. The summed E-state index contributed by atoms with van der Waals surface area (Å²) in [6.07, 6.45) is 0.959. The molecule has 0 radical (unpaired) electrons. The lowest BCUT2D eigenvalue weighted by Gasteiger charge is -2.30. The maximum Gasteiger partial charge on any atom is 0.240 e. The number of nitrogens with zero attached hydrogens (tertiary/aromatic N) is 1. The summed E-state index contributed by atoms with van der Waals surface area (Å²) in [7, 11) is -3.54. The van der Waals surface area contributed by atoms with E-state index >= 15 is 0 Å². The van der Waals surface area contributed by atoms with Gasteiger partial charge in [-0.2, -0.15) is 0 Å². The van der Waals surface area contributed by atoms with Gasteiger partial charge in [0.2, 0.25) is 15.9 Å². The Morgan fingerprint density at radius 3 is 2.46 bits per heavy atom. The number of aryl methyl sites for hydroxylation is 1. The highest BCUT2D eigenvalue weighted by Crippen LogP contribution is 2.25. The second-order valence-electron chi connectivity index (χ2n) is 6.69. The Labute approximate surface area is 144 Å². The van der Waals surface area contributed by atoms with Gasteiger partial charge in [-0.15, -0.1) is 0 Å². The molecule has 6 nitrogen and oxygen atoms in total. The average molecular weight is 353 g/mol. The van der Waals surface area contributed by atoms with Crippen LogP contribution in [0.4, 0.5) is 5.69 Å². The van der Waals surface area contributed by atoms with Crippen LogP contribution in [-0.4, -0.2) is 44.4 Å². The van der Waals surface area contributed by atoms with Crippen molar-refractivity contribution in [1.82, 2.24) is 9.62 Å². The Hall–Kier alpha value is -1.44. The molecule has 7 heteroatoms. The van der Waals surface area contributed by atoms with Crippen LogP contribution in [0.25, 0.3) is 0 Å². The number of carbonyl (C=O) groups excluding carboxylic acids is 1. The monoisotopic (exact) mass is 353 g/mol. The van der Waals surface area contributed by atoms with Gasteiger partial charge in [-0.3, -0.25) is 9.69 Å². The van der Waals surface area contributed by atoms with Crippen LogP contribution in [0.2, 0.25) is 0 Å². The fourth-order valence-corrected chi connectivity index (χ4v) is 4.10. The minimum atomic E-state index is -3.54. The second kappa shape index (κ2) is 7.63. The van der Waals surface area contributed by atoms with Gasteiger partial charge in [-0.25, -0.2) is 13.1 Å². The Morgan fingerprint density at radius 2 is 1.83 bits per heavy atom. The number of benzene rings is 1. The molecule has 2 rings (SSSR count). The lowest BCUT2D eigenvalue weighted by Crippen LogP contribution is -2.42. The van der Waals surface area contributed by atoms with E-state index in [1.165, 1.54) is 6.07 Å². The molecule has 0 saturated heterocycles. The third-order valence-corrected chi connectivity index (χ3v) is 5.73. The SMILES string of the molecule is CC(C)N(CCNS(=O)(=O)c1ccc2c(c1)CCC(=O)N2)C(C)C. The molecule has 0 aliphatic carbocycles. The number of amides is 1. The molecule has 1 aromatic carbocycles. The number of hydrogen-bond donors (Lipinski definition) is 2. The van der Waals surface area contributed by atoms with E-state index in [-0.39, 0.29) is 10.8 Å². The van der Waals surface area contributed by atoms with E-state index in [4.69, 9.17) is 0 Å². The molecule has 0 saturated carbocycles. The van der Waals surface area contributed by atoms with E-state index in [2.05, 4.69) is 42.6 Å². The first-order valence-electron chi connectivity index (χ1n) is 8.39. The first-order valence-corrected chi connectivity index (χ1v) is 9.87. The third-order valence-electron chi connectivity index (χ3n) is 4.27. The lowest BCUT2D eigenvalue weighted by atomic mass is 10.0. The molecule has 1 heterocycles. The highest BCUT2D eigenvalue weighted by Gasteiger charge is 2.20. The zero-order valence-corrected chi connectivity index (χ0v) is 15.6. The quantitative estimate of drug-likeness (QED) is 0.785. The second-order valence-corrected chi connectivity index (χ2v) is 8.46. The predicted molar refractivity (Wildman–Crippen MR) is 95.6 cm³/mol. The summed E-state index contributed by atoms with van der Waals surface area (Å²) in [5.74, 6) is -0.0290. The van der Waals surface area contributed by atoms with E-state index in [0.717, 1.165) is 5.56 Å². The van der Waals surface area contributed by atoms with Crippen LogP contribution in [0, 0.1) is 0 Å². The Balaban J connectivity index is 2.04. The number of anilines is 1. The van der Waals surface area contributed by atoms with Gasteiger partial charge in [0.1, 0.15) is 0 Å². The zero-order chi connectivity index (χ0) is 17.9. The first kappa shape index (κ1) is 18.9. The molecule has 0 atom stereocenters. The molecule has 1 amide bonds. The maximum atomic E-state index is 12.5. The van der Waals surface area contributed by atoms with E-state index in [0.29, 0.717) is 43.7 Å². The summed E-state index contributed by atoms with van der Waals surface area (Å²) in [5.41, 5.74) is 1.57. The van der Waals surface area contributed by atoms with Gasteiger partial charge >= 0.3 is 0 Å². The van der Waals surface area contributed by atoms with Crippen molar-refractivity contribution in [3.05, 3.63) is 23.8 Å². The van der Waals surface area contributed by atoms with Crippen molar-refractivity contribution in [2.75, 3.05) is 18.4 Å². The van der Waals surface area contributed by atoms with Crippen LogP contribution in [-0.2, 0) is 21.2 Å². The first-order chi connectivity index (χ1) is 11.2. The maximum absolute atomic E-state index is 12.5. The molecule has 0 aromatic heterocycles. The summed E-state index contributed by atoms with van der Waals surface area (Å²) in [6, 6.07) is 5.58. The molecule has 0 unspecified atom stereocenters. The molecule has 0 spiro atoms. The number of carbonyl (C=O) groups is 1. The number of hydrogen-bond acceptors (Lipinski definition) is 4. The van der Waals surface area contributed by atoms with E-state index in [1.807, 2.05) is 0 Å². The molecule has 1 aliphatic rings. The Morgan fingerprint density at radius 1 is 1.17 bits per heavy atom. The van der Waals surface area contributed by atoms with Crippen LogP contribution in [0.5, 0.6) is 0 Å². The van der Waals surface area contributed by atoms with Crippen LogP contribution in [0.1, 0.15) is 39.7 Å². The van der Waals surface area contributed by atoms with Crippen molar-refractivity contribution in [1.29, 1.82) is 0 Å². The largest absolute Gasteiger partial charge is 0.326 e. The van der Waals surface area contributed by atoms with Gasteiger partial charge in [0, 0.05) is 37.3 Å². The van der Waals surface area contributed by atoms with E-state index in [1.54, 1.807) is 12.1 Å². The minimum Gasteiger partial charge on any atom is -0.326 e. The minimum absolute atomic E-state index is 0.0290. The molecule has 134 valence electrons. The summed E-state index contributed by atoms with van der Waals surface area (Å²) < 4.78 is 27.6. The topological polar surface area (TPSA) is 78.5 Å². The van der Waals surface area contributed by atoms with Crippen molar-refractivity contribution < 1.29 is 13.2 Å². The van der Waals surface area contributed by atoms with Gasteiger partial charge < -0.3 is 5.32 Å². The standard InChI is InChI=1S/C17H27N3O3S/c1-12(2)20(13(3)4)10-9-18-24(22,23)15-6-7-16-14(11-15)5-8-17(21)19-16/h6-7,11-13,18H,5,8-10H2,1-4H3,(H,19,21). The van der Waals surface area contributed by atoms with Gasteiger partial charge in [0.25, 0.3) is 0 Å². The summed E-state index contributed by atoms with van der Waals surface area (Å²) in [6.45, 7) is 9.44. The van der Waals surface area contributed by atoms with Gasteiger partial charge in [-0.05, 0) is 57.9 Å². The molecular weight excluding hydrogens is 326 g/mol. The fraction of sp³-hybridized carbons (Fsp3) is 0.588. The highest BCUT2D eigenvalue weighted by molar-refractivity contribution is 7.89. The number of sulfonamides is 1. The highest BCUT2D eigenvalue weighted by atomic mass is 32.2. The normalized spacial score (nSPS) is 15.0. The van der Waals surface area contributed by atoms with Crippen molar-refractivity contribution >= 4 is 21.6 Å². The average Bonchev–Trinajstić information content (AvgIpc) is 2.50. The van der Waals surface area contributed by atoms with E-state index in [9.17, 15) is 13.2 Å². The number of rotatable bonds is 7. The summed E-state index contributed by atoms with van der Waals surface area (Å²) in [5, 5.41) is 2.76. The molecule has 0 fully saturated rings. The smallest absolute Gasteiger partial charge is 0.240 e. The third kappa shape index (κ3) is 4.55. The molecule has 1 aliphatic heterocycles. The molecule has 0 bridgehead atoms. The Bertz CT molecular complexity index is 691.